The van der Waals surface area contributed by atoms with Gasteiger partial charge in [-0.15, -0.1) is 0 Å². The first kappa shape index (κ1) is 28.3. The summed E-state index contributed by atoms with van der Waals surface area (Å²) in [5.41, 5.74) is 0.801. The predicted octanol–water partition coefficient (Wildman–Crippen LogP) is 7.49. The van der Waals surface area contributed by atoms with E-state index in [4.69, 9.17) is 47.0 Å². The topological polar surface area (TPSA) is 53.2 Å². The van der Waals surface area contributed by atoms with E-state index in [0.29, 0.717) is 6.42 Å². The molecule has 0 fully saturated rings. The Bertz CT molecular complexity index is 626. The minimum absolute atomic E-state index is 0.165. The summed E-state index contributed by atoms with van der Waals surface area (Å²) in [7, 11) is 0. The molecule has 0 spiro atoms. The van der Waals surface area contributed by atoms with Crippen molar-refractivity contribution in [2.75, 3.05) is 5.32 Å². The molecule has 3 N–H and O–H groups in total. The number of halogens is 3. The van der Waals surface area contributed by atoms with E-state index in [0.717, 1.165) is 24.9 Å². The quantitative estimate of drug-likeness (QED) is 0.0994. The van der Waals surface area contributed by atoms with E-state index in [1.54, 1.807) is 0 Å². The van der Waals surface area contributed by atoms with Crippen molar-refractivity contribution in [1.82, 2.24) is 10.6 Å². The average Bonchev–Trinajstić information content (AvgIpc) is 2.71. The number of hydrogen-bond donors (Lipinski definition) is 3. The van der Waals surface area contributed by atoms with Crippen LogP contribution in [-0.4, -0.2) is 21.0 Å². The maximum atomic E-state index is 12.3. The van der Waals surface area contributed by atoms with Crippen molar-refractivity contribution in [2.45, 2.75) is 93.9 Å². The summed E-state index contributed by atoms with van der Waals surface area (Å²) in [6, 6.07) is 9.40. The SMILES string of the molecule is CCCCCCCCCCCCCC(=O)N[C@H](NC(=S)Nc1ccccc1)C(Cl)(Cl)Cl. The number of nitrogens with one attached hydrogen (secondary N) is 3. The van der Waals surface area contributed by atoms with Crippen LogP contribution in [-0.2, 0) is 4.79 Å². The third-order valence-corrected chi connectivity index (χ3v) is 5.82. The number of benzene rings is 1. The summed E-state index contributed by atoms with van der Waals surface area (Å²) in [6.07, 6.45) is 13.0. The number of amides is 1. The van der Waals surface area contributed by atoms with Gasteiger partial charge in [-0.2, -0.15) is 0 Å². The first-order valence-electron chi connectivity index (χ1n) is 11.3. The van der Waals surface area contributed by atoms with Crippen LogP contribution in [0.1, 0.15) is 84.0 Å². The lowest BCUT2D eigenvalue weighted by Gasteiger charge is -2.27. The van der Waals surface area contributed by atoms with Gasteiger partial charge in [-0.1, -0.05) is 124 Å². The normalized spacial score (nSPS) is 12.3. The molecule has 0 aliphatic heterocycles. The molecule has 0 aliphatic rings. The fraction of sp³-hybridized carbons (Fsp3) is 0.652. The molecule has 0 heterocycles. The molecule has 0 bridgehead atoms. The van der Waals surface area contributed by atoms with Crippen LogP contribution in [0.5, 0.6) is 0 Å². The lowest BCUT2D eigenvalue weighted by Crippen LogP contribution is -2.56. The zero-order valence-corrected chi connectivity index (χ0v) is 21.5. The van der Waals surface area contributed by atoms with Gasteiger partial charge in [0.05, 0.1) is 0 Å². The van der Waals surface area contributed by atoms with Crippen LogP contribution >= 0.6 is 47.0 Å². The average molecular weight is 509 g/mol. The van der Waals surface area contributed by atoms with Gasteiger partial charge >= 0.3 is 0 Å². The Hall–Kier alpha value is -0.750. The molecular weight excluding hydrogens is 473 g/mol. The van der Waals surface area contributed by atoms with Crippen LogP contribution in [0.3, 0.4) is 0 Å². The summed E-state index contributed by atoms with van der Waals surface area (Å²) < 4.78 is -1.74. The molecule has 1 aromatic carbocycles. The zero-order valence-electron chi connectivity index (χ0n) is 18.4. The highest BCUT2D eigenvalue weighted by Crippen LogP contribution is 2.29. The Morgan fingerprint density at radius 1 is 0.871 bits per heavy atom. The van der Waals surface area contributed by atoms with E-state index in [1.165, 1.54) is 51.4 Å². The van der Waals surface area contributed by atoms with Gasteiger partial charge in [-0.05, 0) is 30.8 Å². The monoisotopic (exact) mass is 507 g/mol. The van der Waals surface area contributed by atoms with Crippen molar-refractivity contribution in [3.05, 3.63) is 30.3 Å². The third kappa shape index (κ3) is 14.8. The van der Waals surface area contributed by atoms with Gasteiger partial charge in [0.25, 0.3) is 0 Å². The number of carbonyl (C=O) groups excluding carboxylic acids is 1. The van der Waals surface area contributed by atoms with Crippen molar-refractivity contribution in [3.63, 3.8) is 0 Å². The van der Waals surface area contributed by atoms with Crippen molar-refractivity contribution in [2.24, 2.45) is 0 Å². The molecule has 176 valence electrons. The molecule has 0 aromatic heterocycles. The number of unbranched alkanes of at least 4 members (excludes halogenated alkanes) is 10. The van der Waals surface area contributed by atoms with E-state index < -0.39 is 9.96 Å². The fourth-order valence-electron chi connectivity index (χ4n) is 3.20. The summed E-state index contributed by atoms with van der Waals surface area (Å²) >= 11 is 23.4. The van der Waals surface area contributed by atoms with Crippen LogP contribution in [0.4, 0.5) is 5.69 Å². The molecule has 8 heteroatoms. The summed E-state index contributed by atoms with van der Waals surface area (Å²) in [5.74, 6) is -0.165. The van der Waals surface area contributed by atoms with Gasteiger partial charge in [-0.3, -0.25) is 4.79 Å². The highest BCUT2D eigenvalue weighted by atomic mass is 35.6. The van der Waals surface area contributed by atoms with Gasteiger partial charge < -0.3 is 16.0 Å². The minimum atomic E-state index is -1.74. The van der Waals surface area contributed by atoms with Crippen molar-refractivity contribution < 1.29 is 4.79 Å². The Morgan fingerprint density at radius 3 is 1.90 bits per heavy atom. The Labute approximate surface area is 208 Å². The number of alkyl halides is 3. The fourth-order valence-corrected chi connectivity index (χ4v) is 3.77. The number of para-hydroxylation sites is 1. The number of thiocarbonyl (C=S) groups is 1. The van der Waals surface area contributed by atoms with Crippen LogP contribution in [0.2, 0.25) is 0 Å². The van der Waals surface area contributed by atoms with Gasteiger partial charge in [0.15, 0.2) is 5.11 Å². The van der Waals surface area contributed by atoms with E-state index >= 15 is 0 Å². The maximum Gasteiger partial charge on any atom is 0.228 e. The predicted molar refractivity (Wildman–Crippen MR) is 139 cm³/mol. The second-order valence-corrected chi connectivity index (χ2v) is 10.6. The van der Waals surface area contributed by atoms with Gasteiger partial charge in [-0.25, -0.2) is 0 Å². The molecule has 0 unspecified atom stereocenters. The Morgan fingerprint density at radius 2 is 1.39 bits per heavy atom. The lowest BCUT2D eigenvalue weighted by atomic mass is 10.1. The highest BCUT2D eigenvalue weighted by molar-refractivity contribution is 7.80. The summed E-state index contributed by atoms with van der Waals surface area (Å²) in [4.78, 5) is 12.3. The van der Waals surface area contributed by atoms with E-state index in [2.05, 4.69) is 22.9 Å². The molecular formula is C23H36Cl3N3OS. The van der Waals surface area contributed by atoms with Crippen LogP contribution in [0.25, 0.3) is 0 Å². The largest absolute Gasteiger partial charge is 0.339 e. The van der Waals surface area contributed by atoms with Gasteiger partial charge in [0.2, 0.25) is 9.70 Å². The van der Waals surface area contributed by atoms with Gasteiger partial charge in [0.1, 0.15) is 6.17 Å². The van der Waals surface area contributed by atoms with Crippen molar-refractivity contribution >= 4 is 63.7 Å². The van der Waals surface area contributed by atoms with Crippen LogP contribution < -0.4 is 16.0 Å². The van der Waals surface area contributed by atoms with E-state index in [-0.39, 0.29) is 11.0 Å². The highest BCUT2D eigenvalue weighted by Gasteiger charge is 2.34. The van der Waals surface area contributed by atoms with E-state index in [9.17, 15) is 4.79 Å². The molecule has 0 aliphatic carbocycles. The number of hydrogen-bond acceptors (Lipinski definition) is 2. The van der Waals surface area contributed by atoms with Crippen LogP contribution in [0.15, 0.2) is 30.3 Å². The summed E-state index contributed by atoms with van der Waals surface area (Å²) in [5, 5.41) is 8.87. The molecule has 1 rings (SSSR count). The molecule has 1 aromatic rings. The lowest BCUT2D eigenvalue weighted by molar-refractivity contribution is -0.122. The maximum absolute atomic E-state index is 12.3. The zero-order chi connectivity index (χ0) is 23.0. The standard InChI is InChI=1S/C23H36Cl3N3OS/c1-2-3-4-5-6-7-8-9-10-11-15-18-20(30)28-21(23(24,25)26)29-22(31)27-19-16-13-12-14-17-19/h12-14,16-17,21H,2-11,15,18H2,1H3,(H,28,30)(H2,27,29,31)/t21-/m1/s1. The number of carbonyl (C=O) groups is 1. The van der Waals surface area contributed by atoms with Crippen molar-refractivity contribution in [1.29, 1.82) is 0 Å². The molecule has 0 saturated carbocycles. The molecule has 0 radical (unpaired) electrons. The molecule has 0 saturated heterocycles. The first-order valence-corrected chi connectivity index (χ1v) is 12.9. The van der Waals surface area contributed by atoms with Crippen molar-refractivity contribution in [3.8, 4) is 0 Å². The Kier molecular flexibility index (Phi) is 15.3. The number of rotatable bonds is 15. The number of anilines is 1. The first-order chi connectivity index (χ1) is 14.8. The molecule has 1 atom stereocenters. The van der Waals surface area contributed by atoms with E-state index in [1.807, 2.05) is 30.3 Å². The summed E-state index contributed by atoms with van der Waals surface area (Å²) in [6.45, 7) is 2.24. The smallest absolute Gasteiger partial charge is 0.228 e. The van der Waals surface area contributed by atoms with Gasteiger partial charge in [0, 0.05) is 12.1 Å². The minimum Gasteiger partial charge on any atom is -0.339 e. The Balaban J connectivity index is 2.21. The third-order valence-electron chi connectivity index (χ3n) is 4.95. The molecule has 31 heavy (non-hydrogen) atoms. The molecule has 4 nitrogen and oxygen atoms in total. The second-order valence-electron chi connectivity index (χ2n) is 7.79. The molecule has 1 amide bonds. The second kappa shape index (κ2) is 16.8. The van der Waals surface area contributed by atoms with Crippen LogP contribution in [0, 0.1) is 0 Å².